The lowest BCUT2D eigenvalue weighted by atomic mass is 10.1. The Morgan fingerprint density at radius 1 is 1.10 bits per heavy atom. The van der Waals surface area contributed by atoms with Gasteiger partial charge in [0.15, 0.2) is 0 Å². The Hall–Kier alpha value is -1.80. The van der Waals surface area contributed by atoms with Gasteiger partial charge in [0.1, 0.15) is 0 Å². The number of amides is 1. The molecule has 1 atom stereocenters. The van der Waals surface area contributed by atoms with Crippen molar-refractivity contribution < 1.29 is 4.79 Å². The van der Waals surface area contributed by atoms with E-state index in [1.807, 2.05) is 61.5 Å². The van der Waals surface area contributed by atoms with Crippen molar-refractivity contribution >= 4 is 17.5 Å². The molecule has 0 aliphatic rings. The zero-order valence-electron chi connectivity index (χ0n) is 11.5. The largest absolute Gasteiger partial charge is 0.348 e. The van der Waals surface area contributed by atoms with Crippen LogP contribution < -0.4 is 5.32 Å². The van der Waals surface area contributed by atoms with Gasteiger partial charge in [-0.05, 0) is 31.0 Å². The highest BCUT2D eigenvalue weighted by molar-refractivity contribution is 6.18. The molecule has 0 aliphatic carbocycles. The Morgan fingerprint density at radius 2 is 1.75 bits per heavy atom. The van der Waals surface area contributed by atoms with Crippen LogP contribution in [0.3, 0.4) is 0 Å². The molecule has 3 heteroatoms. The number of halogens is 1. The second-order valence-electron chi connectivity index (χ2n) is 4.88. The van der Waals surface area contributed by atoms with E-state index < -0.39 is 0 Å². The van der Waals surface area contributed by atoms with E-state index in [0.29, 0.717) is 11.4 Å². The van der Waals surface area contributed by atoms with E-state index in [4.69, 9.17) is 11.6 Å². The monoisotopic (exact) mass is 287 g/mol. The van der Waals surface area contributed by atoms with E-state index in [0.717, 1.165) is 12.0 Å². The summed E-state index contributed by atoms with van der Waals surface area (Å²) >= 11 is 5.96. The van der Waals surface area contributed by atoms with Crippen molar-refractivity contribution in [2.75, 3.05) is 5.88 Å². The topological polar surface area (TPSA) is 29.1 Å². The number of carbonyl (C=O) groups excluding carboxylic acids is 1. The molecule has 0 aliphatic heterocycles. The number of hydrogen-bond acceptors (Lipinski definition) is 1. The maximum absolute atomic E-state index is 12.1. The summed E-state index contributed by atoms with van der Waals surface area (Å²) in [6.45, 7) is 2.00. The van der Waals surface area contributed by atoms with Crippen molar-refractivity contribution in [3.8, 4) is 0 Å². The molecular weight excluding hydrogens is 270 g/mol. The maximum Gasteiger partial charge on any atom is 0.251 e. The third-order valence-electron chi connectivity index (χ3n) is 3.16. The average Bonchev–Trinajstić information content (AvgIpc) is 2.48. The van der Waals surface area contributed by atoms with Crippen LogP contribution in [0.4, 0.5) is 0 Å². The first-order valence-corrected chi connectivity index (χ1v) is 7.20. The Morgan fingerprint density at radius 3 is 2.35 bits per heavy atom. The first kappa shape index (κ1) is 14.6. The molecule has 20 heavy (non-hydrogen) atoms. The molecule has 0 bridgehead atoms. The second-order valence-corrected chi connectivity index (χ2v) is 5.19. The maximum atomic E-state index is 12.1. The second kappa shape index (κ2) is 7.11. The Balaban J connectivity index is 1.99. The Labute approximate surface area is 124 Å². The van der Waals surface area contributed by atoms with Gasteiger partial charge >= 0.3 is 0 Å². The smallest absolute Gasteiger partial charge is 0.251 e. The van der Waals surface area contributed by atoms with Crippen molar-refractivity contribution in [1.82, 2.24) is 5.32 Å². The molecule has 2 rings (SSSR count). The molecule has 1 N–H and O–H groups in total. The lowest BCUT2D eigenvalue weighted by molar-refractivity contribution is 0.0940. The fourth-order valence-corrected chi connectivity index (χ4v) is 2.20. The summed E-state index contributed by atoms with van der Waals surface area (Å²) in [6.07, 6.45) is 0.738. The molecule has 0 saturated carbocycles. The van der Waals surface area contributed by atoms with Gasteiger partial charge in [-0.3, -0.25) is 4.79 Å². The van der Waals surface area contributed by atoms with E-state index in [1.54, 1.807) is 0 Å². The number of alkyl halides is 1. The summed E-state index contributed by atoms with van der Waals surface area (Å²) in [7, 11) is 0. The van der Waals surface area contributed by atoms with Crippen molar-refractivity contribution in [3.63, 3.8) is 0 Å². The van der Waals surface area contributed by atoms with Gasteiger partial charge in [0, 0.05) is 17.5 Å². The van der Waals surface area contributed by atoms with Gasteiger partial charge in [-0.2, -0.15) is 0 Å². The molecule has 1 amide bonds. The van der Waals surface area contributed by atoms with Gasteiger partial charge in [-0.15, -0.1) is 11.6 Å². The molecule has 0 fully saturated rings. The Bertz CT molecular complexity index is 551. The lowest BCUT2D eigenvalue weighted by Crippen LogP contribution is -2.37. The van der Waals surface area contributed by atoms with E-state index >= 15 is 0 Å². The summed E-state index contributed by atoms with van der Waals surface area (Å²) in [5.41, 5.74) is 2.97. The van der Waals surface area contributed by atoms with Crippen LogP contribution in [-0.2, 0) is 6.42 Å². The molecule has 104 valence electrons. The van der Waals surface area contributed by atoms with E-state index in [-0.39, 0.29) is 11.9 Å². The molecule has 0 spiro atoms. The lowest BCUT2D eigenvalue weighted by Gasteiger charge is -2.16. The number of aryl methyl sites for hydroxylation is 1. The summed E-state index contributed by atoms with van der Waals surface area (Å²) in [5, 5.41) is 2.98. The predicted molar refractivity (Wildman–Crippen MR) is 83.3 cm³/mol. The van der Waals surface area contributed by atoms with Gasteiger partial charge in [-0.25, -0.2) is 0 Å². The number of carbonyl (C=O) groups is 1. The molecule has 0 saturated heterocycles. The fraction of sp³-hybridized carbons (Fsp3) is 0.235. The van der Waals surface area contributed by atoms with Crippen LogP contribution in [0.5, 0.6) is 0 Å². The van der Waals surface area contributed by atoms with Crippen LogP contribution >= 0.6 is 11.6 Å². The van der Waals surface area contributed by atoms with Gasteiger partial charge < -0.3 is 5.32 Å². The van der Waals surface area contributed by atoms with Crippen LogP contribution in [0.15, 0.2) is 54.6 Å². The normalized spacial score (nSPS) is 11.9. The van der Waals surface area contributed by atoms with E-state index in [9.17, 15) is 4.79 Å². The molecule has 0 aromatic heterocycles. The van der Waals surface area contributed by atoms with Crippen molar-refractivity contribution in [2.45, 2.75) is 19.4 Å². The highest BCUT2D eigenvalue weighted by Crippen LogP contribution is 2.07. The molecule has 0 unspecified atom stereocenters. The zero-order valence-corrected chi connectivity index (χ0v) is 12.2. The minimum absolute atomic E-state index is 0.0622. The first-order chi connectivity index (χ1) is 9.69. The van der Waals surface area contributed by atoms with E-state index in [1.165, 1.54) is 5.56 Å². The average molecular weight is 288 g/mol. The van der Waals surface area contributed by atoms with Crippen molar-refractivity contribution in [3.05, 3.63) is 71.3 Å². The highest BCUT2D eigenvalue weighted by atomic mass is 35.5. The minimum Gasteiger partial charge on any atom is -0.348 e. The van der Waals surface area contributed by atoms with Gasteiger partial charge in [-0.1, -0.05) is 48.0 Å². The number of hydrogen-bond donors (Lipinski definition) is 1. The van der Waals surface area contributed by atoms with Gasteiger partial charge in [0.2, 0.25) is 0 Å². The van der Waals surface area contributed by atoms with Gasteiger partial charge in [0.25, 0.3) is 5.91 Å². The van der Waals surface area contributed by atoms with Crippen LogP contribution in [-0.4, -0.2) is 17.8 Å². The zero-order chi connectivity index (χ0) is 14.4. The van der Waals surface area contributed by atoms with E-state index in [2.05, 4.69) is 5.32 Å². The molecular formula is C17H18ClNO. The molecule has 2 aromatic rings. The first-order valence-electron chi connectivity index (χ1n) is 6.66. The minimum atomic E-state index is -0.0772. The number of rotatable bonds is 5. The third-order valence-corrected chi connectivity index (χ3v) is 3.53. The quantitative estimate of drug-likeness (QED) is 0.837. The number of nitrogens with one attached hydrogen (secondary N) is 1. The van der Waals surface area contributed by atoms with Crippen LogP contribution in [0.25, 0.3) is 0 Å². The Kier molecular flexibility index (Phi) is 5.19. The SMILES string of the molecule is Cc1ccc(C(=O)N[C@H](CCl)Cc2ccccc2)cc1. The molecule has 0 radical (unpaired) electrons. The third kappa shape index (κ3) is 4.10. The summed E-state index contributed by atoms with van der Waals surface area (Å²) < 4.78 is 0. The number of benzene rings is 2. The van der Waals surface area contributed by atoms with Gasteiger partial charge in [0.05, 0.1) is 0 Å². The van der Waals surface area contributed by atoms with Crippen LogP contribution in [0.1, 0.15) is 21.5 Å². The predicted octanol–water partition coefficient (Wildman–Crippen LogP) is 3.57. The van der Waals surface area contributed by atoms with Crippen LogP contribution in [0, 0.1) is 6.92 Å². The summed E-state index contributed by atoms with van der Waals surface area (Å²) in [4.78, 5) is 12.1. The standard InChI is InChI=1S/C17H18ClNO/c1-13-7-9-15(10-8-13)17(20)19-16(12-18)11-14-5-3-2-4-6-14/h2-10,16H,11-12H2,1H3,(H,19,20)/t16-/m0/s1. The summed E-state index contributed by atoms with van der Waals surface area (Å²) in [6, 6.07) is 17.5. The highest BCUT2D eigenvalue weighted by Gasteiger charge is 2.13. The van der Waals surface area contributed by atoms with Crippen molar-refractivity contribution in [2.24, 2.45) is 0 Å². The molecule has 0 heterocycles. The summed E-state index contributed by atoms with van der Waals surface area (Å²) in [5.74, 6) is 0.318. The van der Waals surface area contributed by atoms with Crippen LogP contribution in [0.2, 0.25) is 0 Å². The fourth-order valence-electron chi connectivity index (χ4n) is 2.02. The van der Waals surface area contributed by atoms with Crippen molar-refractivity contribution in [1.29, 1.82) is 0 Å². The molecule has 2 aromatic carbocycles. The molecule has 2 nitrogen and oxygen atoms in total.